The molecule has 1 saturated heterocycles. The molecule has 1 radical (unpaired) electrons. The molecule has 0 saturated carbocycles. The van der Waals surface area contributed by atoms with E-state index in [1.807, 2.05) is 19.1 Å². The van der Waals surface area contributed by atoms with Crippen molar-refractivity contribution in [3.8, 4) is 16.9 Å². The number of rotatable bonds is 6. The number of aromatic amines is 1. The first-order chi connectivity index (χ1) is 11.9. The minimum absolute atomic E-state index is 0.233. The highest BCUT2D eigenvalue weighted by atomic mass is 19.3. The Morgan fingerprint density at radius 3 is 3.04 bits per heavy atom. The minimum Gasteiger partial charge on any atom is -0.492 e. The number of hydrogen-bond donors (Lipinski definition) is 3. The van der Waals surface area contributed by atoms with Gasteiger partial charge in [-0.2, -0.15) is 5.10 Å². The van der Waals surface area contributed by atoms with Gasteiger partial charge in [-0.1, -0.05) is 0 Å². The molecule has 1 aromatic carbocycles. The molecule has 1 amide bonds. The van der Waals surface area contributed by atoms with Gasteiger partial charge < -0.3 is 10.1 Å². The SMILES string of the molecule is Cc1n[nH]cc1-c1c[c]cc(OCCNC(=O)[C@H]2CC(F)(F)CN2)c1. The van der Waals surface area contributed by atoms with E-state index < -0.39 is 30.8 Å². The van der Waals surface area contributed by atoms with E-state index in [1.165, 1.54) is 0 Å². The van der Waals surface area contributed by atoms with Gasteiger partial charge in [0.05, 0.1) is 24.8 Å². The zero-order valence-corrected chi connectivity index (χ0v) is 13.7. The topological polar surface area (TPSA) is 79.0 Å². The van der Waals surface area contributed by atoms with Crippen molar-refractivity contribution >= 4 is 5.91 Å². The number of hydrogen-bond acceptors (Lipinski definition) is 4. The highest BCUT2D eigenvalue weighted by molar-refractivity contribution is 5.82. The number of halogens is 2. The molecular formula is C17H19F2N4O2. The van der Waals surface area contributed by atoms with Crippen LogP contribution in [0.25, 0.3) is 11.1 Å². The molecule has 0 unspecified atom stereocenters. The highest BCUT2D eigenvalue weighted by Gasteiger charge is 2.42. The van der Waals surface area contributed by atoms with E-state index >= 15 is 0 Å². The smallest absolute Gasteiger partial charge is 0.262 e. The molecule has 1 aliphatic rings. The number of ether oxygens (including phenoxy) is 1. The van der Waals surface area contributed by atoms with E-state index in [4.69, 9.17) is 4.74 Å². The summed E-state index contributed by atoms with van der Waals surface area (Å²) >= 11 is 0. The monoisotopic (exact) mass is 349 g/mol. The van der Waals surface area contributed by atoms with E-state index in [1.54, 1.807) is 12.3 Å². The van der Waals surface area contributed by atoms with E-state index in [9.17, 15) is 13.6 Å². The van der Waals surface area contributed by atoms with Gasteiger partial charge in [0.15, 0.2) is 0 Å². The van der Waals surface area contributed by atoms with Crippen LogP contribution in [0.2, 0.25) is 0 Å². The summed E-state index contributed by atoms with van der Waals surface area (Å²) in [5.41, 5.74) is 2.76. The minimum atomic E-state index is -2.82. The largest absolute Gasteiger partial charge is 0.492 e. The number of nitrogens with one attached hydrogen (secondary N) is 3. The van der Waals surface area contributed by atoms with Crippen molar-refractivity contribution in [1.29, 1.82) is 0 Å². The maximum Gasteiger partial charge on any atom is 0.262 e. The van der Waals surface area contributed by atoms with Crippen LogP contribution < -0.4 is 15.4 Å². The van der Waals surface area contributed by atoms with Crippen LogP contribution in [-0.4, -0.2) is 47.8 Å². The Morgan fingerprint density at radius 1 is 1.52 bits per heavy atom. The van der Waals surface area contributed by atoms with Crippen LogP contribution in [0.4, 0.5) is 8.78 Å². The van der Waals surface area contributed by atoms with Crippen LogP contribution in [-0.2, 0) is 4.79 Å². The van der Waals surface area contributed by atoms with E-state index in [0.717, 1.165) is 16.8 Å². The van der Waals surface area contributed by atoms with Gasteiger partial charge in [0, 0.05) is 18.2 Å². The molecule has 1 fully saturated rings. The number of nitrogens with zero attached hydrogens (tertiary/aromatic N) is 1. The second-order valence-electron chi connectivity index (χ2n) is 5.97. The van der Waals surface area contributed by atoms with Crippen molar-refractivity contribution in [3.05, 3.63) is 36.2 Å². The fourth-order valence-corrected chi connectivity index (χ4v) is 2.71. The number of carbonyl (C=O) groups is 1. The number of benzene rings is 1. The normalized spacial score (nSPS) is 18.9. The molecule has 25 heavy (non-hydrogen) atoms. The van der Waals surface area contributed by atoms with Crippen molar-refractivity contribution < 1.29 is 18.3 Å². The van der Waals surface area contributed by atoms with Crippen molar-refractivity contribution in [2.45, 2.75) is 25.3 Å². The number of aromatic nitrogens is 2. The second kappa shape index (κ2) is 7.18. The van der Waals surface area contributed by atoms with Crippen LogP contribution in [0.5, 0.6) is 5.75 Å². The zero-order valence-electron chi connectivity index (χ0n) is 13.7. The molecule has 133 valence electrons. The highest BCUT2D eigenvalue weighted by Crippen LogP contribution is 2.26. The van der Waals surface area contributed by atoms with Crippen molar-refractivity contribution in [3.63, 3.8) is 0 Å². The summed E-state index contributed by atoms with van der Waals surface area (Å²) in [7, 11) is 0. The number of amides is 1. The Hall–Kier alpha value is -2.48. The summed E-state index contributed by atoms with van der Waals surface area (Å²) in [4.78, 5) is 11.8. The first-order valence-electron chi connectivity index (χ1n) is 7.98. The van der Waals surface area contributed by atoms with Crippen LogP contribution in [0, 0.1) is 13.0 Å². The van der Waals surface area contributed by atoms with Gasteiger partial charge >= 0.3 is 0 Å². The summed E-state index contributed by atoms with van der Waals surface area (Å²) < 4.78 is 31.7. The van der Waals surface area contributed by atoms with E-state index in [2.05, 4.69) is 26.9 Å². The van der Waals surface area contributed by atoms with Gasteiger partial charge in [-0.25, -0.2) is 8.78 Å². The average molecular weight is 349 g/mol. The Labute approximate surface area is 144 Å². The Bertz CT molecular complexity index is 748. The van der Waals surface area contributed by atoms with Gasteiger partial charge in [-0.3, -0.25) is 15.2 Å². The molecule has 2 aromatic rings. The van der Waals surface area contributed by atoms with Crippen molar-refractivity contribution in [2.75, 3.05) is 19.7 Å². The summed E-state index contributed by atoms with van der Waals surface area (Å²) in [6.07, 6.45) is 1.33. The van der Waals surface area contributed by atoms with E-state index in [0.29, 0.717) is 5.75 Å². The lowest BCUT2D eigenvalue weighted by Gasteiger charge is -2.12. The predicted molar refractivity (Wildman–Crippen MR) is 87.5 cm³/mol. The Balaban J connectivity index is 1.47. The molecule has 1 atom stereocenters. The van der Waals surface area contributed by atoms with Gasteiger partial charge in [0.2, 0.25) is 5.91 Å². The second-order valence-corrected chi connectivity index (χ2v) is 5.97. The maximum atomic E-state index is 13.1. The molecule has 0 bridgehead atoms. The Kier molecular flexibility index (Phi) is 4.98. The van der Waals surface area contributed by atoms with E-state index in [-0.39, 0.29) is 13.2 Å². The molecule has 6 nitrogen and oxygen atoms in total. The third-order valence-electron chi connectivity index (χ3n) is 4.00. The molecular weight excluding hydrogens is 330 g/mol. The average Bonchev–Trinajstić information content (AvgIpc) is 3.17. The lowest BCUT2D eigenvalue weighted by atomic mass is 10.1. The number of H-pyrrole nitrogens is 1. The van der Waals surface area contributed by atoms with Crippen molar-refractivity contribution in [2.24, 2.45) is 0 Å². The quantitative estimate of drug-likeness (QED) is 0.694. The molecule has 2 heterocycles. The van der Waals surface area contributed by atoms with Crippen LogP contribution in [0.15, 0.2) is 24.4 Å². The van der Waals surface area contributed by atoms with Crippen LogP contribution in [0.1, 0.15) is 12.1 Å². The van der Waals surface area contributed by atoms with Crippen molar-refractivity contribution in [1.82, 2.24) is 20.8 Å². The number of aryl methyl sites for hydroxylation is 1. The summed E-state index contributed by atoms with van der Waals surface area (Å²) in [6.45, 7) is 1.90. The summed E-state index contributed by atoms with van der Waals surface area (Å²) in [6, 6.07) is 7.53. The Morgan fingerprint density at radius 2 is 2.36 bits per heavy atom. The fourth-order valence-electron chi connectivity index (χ4n) is 2.71. The lowest BCUT2D eigenvalue weighted by Crippen LogP contribution is -2.41. The first kappa shape index (κ1) is 17.3. The number of alkyl halides is 2. The molecule has 8 heteroatoms. The fraction of sp³-hybridized carbons (Fsp3) is 0.412. The summed E-state index contributed by atoms with van der Waals surface area (Å²) in [5, 5.41) is 12.0. The molecule has 3 N–H and O–H groups in total. The maximum absolute atomic E-state index is 13.1. The van der Waals surface area contributed by atoms with Crippen LogP contribution in [0.3, 0.4) is 0 Å². The molecule has 0 aliphatic carbocycles. The third-order valence-corrected chi connectivity index (χ3v) is 4.00. The third kappa shape index (κ3) is 4.33. The lowest BCUT2D eigenvalue weighted by molar-refractivity contribution is -0.123. The predicted octanol–water partition coefficient (Wildman–Crippen LogP) is 1.68. The van der Waals surface area contributed by atoms with Gasteiger partial charge in [-0.15, -0.1) is 0 Å². The van der Waals surface area contributed by atoms with Gasteiger partial charge in [0.25, 0.3) is 5.92 Å². The van der Waals surface area contributed by atoms with Gasteiger partial charge in [-0.05, 0) is 36.8 Å². The van der Waals surface area contributed by atoms with Crippen LogP contribution >= 0.6 is 0 Å². The molecule has 1 aromatic heterocycles. The zero-order chi connectivity index (χ0) is 17.9. The molecule has 0 spiro atoms. The molecule has 3 rings (SSSR count). The summed E-state index contributed by atoms with van der Waals surface area (Å²) in [5.74, 6) is -2.65. The standard InChI is InChI=1S/C17H19F2N4O2/c1-11-14(9-22-23-11)12-3-2-4-13(7-12)25-6-5-20-16(24)15-8-17(18,19)10-21-15/h3-4,7,9,15,21H,5-6,8,10H2,1H3,(H,20,24)(H,22,23)/t15-/m1/s1. The first-order valence-corrected chi connectivity index (χ1v) is 7.98. The number of carbonyl (C=O) groups excluding carboxylic acids is 1. The molecule has 1 aliphatic heterocycles. The van der Waals surface area contributed by atoms with Gasteiger partial charge in [0.1, 0.15) is 12.4 Å².